The Hall–Kier alpha value is -2.44. The number of rotatable bonds is 7. The molecule has 0 spiro atoms. The minimum absolute atomic E-state index is 0.179. The minimum atomic E-state index is -1.18. The monoisotopic (exact) mass is 265 g/mol. The van der Waals surface area contributed by atoms with Crippen LogP contribution in [-0.2, 0) is 4.79 Å². The maximum absolute atomic E-state index is 11.7. The second kappa shape index (κ2) is 7.10. The third kappa shape index (κ3) is 5.15. The lowest BCUT2D eigenvalue weighted by Gasteiger charge is -2.05. The fourth-order valence-corrected chi connectivity index (χ4v) is 1.42. The Kier molecular flexibility index (Phi) is 5.46. The molecule has 7 nitrogen and oxygen atoms in total. The zero-order valence-electron chi connectivity index (χ0n) is 10.3. The van der Waals surface area contributed by atoms with E-state index >= 15 is 0 Å². The molecule has 0 saturated heterocycles. The molecule has 102 valence electrons. The van der Waals surface area contributed by atoms with E-state index in [1.807, 2.05) is 0 Å². The topological polar surface area (TPSA) is 122 Å². The predicted octanol–water partition coefficient (Wildman–Crippen LogP) is 0.165. The lowest BCUT2D eigenvalue weighted by Crippen LogP contribution is -2.25. The van der Waals surface area contributed by atoms with E-state index in [0.29, 0.717) is 19.4 Å². The summed E-state index contributed by atoms with van der Waals surface area (Å²) in [6.07, 6.45) is 2.79. The number of aromatic carboxylic acids is 1. The normalized spacial score (nSPS) is 9.89. The summed E-state index contributed by atoms with van der Waals surface area (Å²) >= 11 is 0. The number of primary amides is 1. The summed E-state index contributed by atoms with van der Waals surface area (Å²) in [5, 5.41) is 11.4. The number of aromatic nitrogens is 1. The largest absolute Gasteiger partial charge is 0.477 e. The van der Waals surface area contributed by atoms with Crippen LogP contribution in [0.2, 0.25) is 0 Å². The summed E-state index contributed by atoms with van der Waals surface area (Å²) in [7, 11) is 0. The summed E-state index contributed by atoms with van der Waals surface area (Å²) in [5.41, 5.74) is 5.04. The van der Waals surface area contributed by atoms with Gasteiger partial charge in [0.15, 0.2) is 0 Å². The van der Waals surface area contributed by atoms with Crippen LogP contribution in [0.5, 0.6) is 0 Å². The Morgan fingerprint density at radius 2 is 2.05 bits per heavy atom. The van der Waals surface area contributed by atoms with Crippen LogP contribution in [0.1, 0.15) is 40.1 Å². The van der Waals surface area contributed by atoms with Crippen molar-refractivity contribution in [3.05, 3.63) is 29.6 Å². The van der Waals surface area contributed by atoms with E-state index in [0.717, 1.165) is 0 Å². The number of carboxylic acids is 1. The molecule has 1 aromatic rings. The van der Waals surface area contributed by atoms with E-state index in [2.05, 4.69) is 10.3 Å². The molecule has 1 heterocycles. The van der Waals surface area contributed by atoms with Crippen molar-refractivity contribution in [2.75, 3.05) is 6.54 Å². The molecule has 1 aromatic heterocycles. The molecule has 7 heteroatoms. The maximum Gasteiger partial charge on any atom is 0.354 e. The molecule has 0 aliphatic carbocycles. The summed E-state index contributed by atoms with van der Waals surface area (Å²) in [5.74, 6) is -1.92. The van der Waals surface area contributed by atoms with Crippen molar-refractivity contribution in [1.82, 2.24) is 10.3 Å². The van der Waals surface area contributed by atoms with Crippen LogP contribution in [0.25, 0.3) is 0 Å². The average molecular weight is 265 g/mol. The molecule has 4 N–H and O–H groups in total. The molecular formula is C12H15N3O4. The van der Waals surface area contributed by atoms with Crippen LogP contribution in [-0.4, -0.2) is 34.4 Å². The lowest BCUT2D eigenvalue weighted by atomic mass is 10.2. The zero-order chi connectivity index (χ0) is 14.3. The summed E-state index contributed by atoms with van der Waals surface area (Å²) in [6.45, 7) is 0.400. The first kappa shape index (κ1) is 14.6. The molecule has 2 amide bonds. The number of nitrogens with zero attached hydrogens (tertiary/aromatic N) is 1. The number of nitrogens with two attached hydrogens (primary N) is 1. The first-order valence-electron chi connectivity index (χ1n) is 5.76. The number of carbonyl (C=O) groups is 3. The molecule has 0 saturated carbocycles. The molecule has 0 fully saturated rings. The van der Waals surface area contributed by atoms with Crippen LogP contribution in [0.4, 0.5) is 0 Å². The quantitative estimate of drug-likeness (QED) is 0.606. The summed E-state index contributed by atoms with van der Waals surface area (Å²) in [4.78, 5) is 36.5. The molecular weight excluding hydrogens is 250 g/mol. The second-order valence-electron chi connectivity index (χ2n) is 3.91. The predicted molar refractivity (Wildman–Crippen MR) is 66.6 cm³/mol. The fraction of sp³-hybridized carbons (Fsp3) is 0.333. The number of pyridine rings is 1. The highest BCUT2D eigenvalue weighted by Crippen LogP contribution is 2.02. The maximum atomic E-state index is 11.7. The molecule has 1 rings (SSSR count). The number of amides is 2. The fourth-order valence-electron chi connectivity index (χ4n) is 1.42. The van der Waals surface area contributed by atoms with Crippen molar-refractivity contribution in [3.8, 4) is 0 Å². The van der Waals surface area contributed by atoms with Crippen molar-refractivity contribution >= 4 is 17.8 Å². The van der Waals surface area contributed by atoms with Gasteiger partial charge in [0, 0.05) is 24.7 Å². The van der Waals surface area contributed by atoms with Crippen LogP contribution in [0, 0.1) is 0 Å². The van der Waals surface area contributed by atoms with Gasteiger partial charge in [0.1, 0.15) is 5.69 Å². The van der Waals surface area contributed by atoms with E-state index in [-0.39, 0.29) is 29.5 Å². The van der Waals surface area contributed by atoms with Crippen molar-refractivity contribution in [2.45, 2.75) is 19.3 Å². The minimum Gasteiger partial charge on any atom is -0.477 e. The van der Waals surface area contributed by atoms with Crippen LogP contribution in [0.3, 0.4) is 0 Å². The Morgan fingerprint density at radius 3 is 2.68 bits per heavy atom. The van der Waals surface area contributed by atoms with Crippen LogP contribution in [0.15, 0.2) is 18.3 Å². The van der Waals surface area contributed by atoms with Crippen LogP contribution < -0.4 is 11.1 Å². The third-order valence-corrected chi connectivity index (χ3v) is 2.38. The van der Waals surface area contributed by atoms with Crippen molar-refractivity contribution in [1.29, 1.82) is 0 Å². The van der Waals surface area contributed by atoms with Gasteiger partial charge in [0.25, 0.3) is 5.91 Å². The second-order valence-corrected chi connectivity index (χ2v) is 3.91. The SMILES string of the molecule is NC(=O)CCCCNC(=O)c1ccnc(C(=O)O)c1. The molecule has 0 radical (unpaired) electrons. The van der Waals surface area contributed by atoms with Gasteiger partial charge >= 0.3 is 5.97 Å². The molecule has 19 heavy (non-hydrogen) atoms. The Labute approximate surface area is 109 Å². The Morgan fingerprint density at radius 1 is 1.32 bits per heavy atom. The van der Waals surface area contributed by atoms with Crippen molar-refractivity contribution in [3.63, 3.8) is 0 Å². The van der Waals surface area contributed by atoms with Gasteiger partial charge in [-0.2, -0.15) is 0 Å². The van der Waals surface area contributed by atoms with Crippen molar-refractivity contribution in [2.24, 2.45) is 5.73 Å². The number of carboxylic acid groups (broad SMARTS) is 1. The first-order chi connectivity index (χ1) is 9.00. The van der Waals surface area contributed by atoms with E-state index in [9.17, 15) is 14.4 Å². The molecule has 0 bridgehead atoms. The standard InChI is InChI=1S/C12H15N3O4/c13-10(16)3-1-2-5-15-11(17)8-4-6-14-9(7-8)12(18)19/h4,6-7H,1-3,5H2,(H2,13,16)(H,15,17)(H,18,19). The van der Waals surface area contributed by atoms with E-state index in [1.54, 1.807) is 0 Å². The smallest absolute Gasteiger partial charge is 0.354 e. The zero-order valence-corrected chi connectivity index (χ0v) is 10.3. The number of hydrogen-bond acceptors (Lipinski definition) is 4. The number of hydrogen-bond donors (Lipinski definition) is 3. The molecule has 0 atom stereocenters. The summed E-state index contributed by atoms with van der Waals surface area (Å²) < 4.78 is 0. The molecule has 0 aliphatic rings. The van der Waals surface area contributed by atoms with Gasteiger partial charge in [-0.1, -0.05) is 0 Å². The van der Waals surface area contributed by atoms with Crippen LogP contribution >= 0.6 is 0 Å². The number of unbranched alkanes of at least 4 members (excludes halogenated alkanes) is 1. The number of carbonyl (C=O) groups excluding carboxylic acids is 2. The highest BCUT2D eigenvalue weighted by atomic mass is 16.4. The molecule has 0 aliphatic heterocycles. The van der Waals surface area contributed by atoms with E-state index in [1.165, 1.54) is 18.3 Å². The molecule has 0 unspecified atom stereocenters. The van der Waals surface area contributed by atoms with Gasteiger partial charge < -0.3 is 16.2 Å². The molecule has 0 aromatic carbocycles. The first-order valence-corrected chi connectivity index (χ1v) is 5.76. The Bertz CT molecular complexity index is 488. The Balaban J connectivity index is 2.43. The van der Waals surface area contributed by atoms with Gasteiger partial charge in [0.05, 0.1) is 0 Å². The van der Waals surface area contributed by atoms with Gasteiger partial charge in [-0.3, -0.25) is 9.59 Å². The van der Waals surface area contributed by atoms with Gasteiger partial charge in [-0.05, 0) is 25.0 Å². The van der Waals surface area contributed by atoms with E-state index in [4.69, 9.17) is 10.8 Å². The lowest BCUT2D eigenvalue weighted by molar-refractivity contribution is -0.118. The van der Waals surface area contributed by atoms with Gasteiger partial charge in [0.2, 0.25) is 5.91 Å². The van der Waals surface area contributed by atoms with E-state index < -0.39 is 5.97 Å². The van der Waals surface area contributed by atoms with Gasteiger partial charge in [-0.15, -0.1) is 0 Å². The van der Waals surface area contributed by atoms with Gasteiger partial charge in [-0.25, -0.2) is 9.78 Å². The highest BCUT2D eigenvalue weighted by Gasteiger charge is 2.10. The summed E-state index contributed by atoms with van der Waals surface area (Å²) in [6, 6.07) is 2.65. The average Bonchev–Trinajstić information content (AvgIpc) is 2.37. The van der Waals surface area contributed by atoms with Crippen molar-refractivity contribution < 1.29 is 19.5 Å². The number of nitrogens with one attached hydrogen (secondary N) is 1. The highest BCUT2D eigenvalue weighted by molar-refractivity contribution is 5.96. The third-order valence-electron chi connectivity index (χ3n) is 2.38.